The van der Waals surface area contributed by atoms with Gasteiger partial charge in [0.2, 0.25) is 10.0 Å². The largest absolute Gasteiger partial charge is 0.462 e. The van der Waals surface area contributed by atoms with Gasteiger partial charge in [-0.15, -0.1) is 0 Å². The predicted octanol–water partition coefficient (Wildman–Crippen LogP) is 2.67. The van der Waals surface area contributed by atoms with E-state index in [1.54, 1.807) is 20.0 Å². The molecule has 0 unspecified atom stereocenters. The highest BCUT2D eigenvalue weighted by atomic mass is 32.2. The molecule has 1 fully saturated rings. The molecule has 1 aliphatic rings. The number of esters is 1. The first-order chi connectivity index (χ1) is 13.9. The van der Waals surface area contributed by atoms with Gasteiger partial charge in [0.1, 0.15) is 11.2 Å². The van der Waals surface area contributed by atoms with Crippen molar-refractivity contribution in [1.82, 2.24) is 14.7 Å². The number of rotatable bonds is 8. The number of nitrogens with one attached hydrogen (secondary N) is 2. The summed E-state index contributed by atoms with van der Waals surface area (Å²) in [6.45, 7) is 4.30. The molecular weight excluding hydrogens is 392 g/mol. The number of hydrogen-bond acceptors (Lipinski definition) is 6. The first-order valence-electron chi connectivity index (χ1n) is 10.2. The molecule has 1 saturated carbocycles. The molecule has 160 valence electrons. The maximum absolute atomic E-state index is 12.5. The summed E-state index contributed by atoms with van der Waals surface area (Å²) in [7, 11) is -1.21. The van der Waals surface area contributed by atoms with Crippen LogP contribution in [-0.4, -0.2) is 56.3 Å². The highest BCUT2D eigenvalue weighted by Crippen LogP contribution is 2.35. The Labute approximate surface area is 172 Å². The van der Waals surface area contributed by atoms with E-state index in [1.807, 2.05) is 19.3 Å². The average Bonchev–Trinajstić information content (AvgIpc) is 3.16. The van der Waals surface area contributed by atoms with Crippen molar-refractivity contribution < 1.29 is 17.9 Å². The fourth-order valence-corrected chi connectivity index (χ4v) is 5.71. The number of sulfonamides is 1. The van der Waals surface area contributed by atoms with Crippen molar-refractivity contribution in [1.29, 1.82) is 0 Å². The van der Waals surface area contributed by atoms with Gasteiger partial charge in [-0.1, -0.05) is 6.92 Å². The van der Waals surface area contributed by atoms with Crippen LogP contribution in [0.15, 0.2) is 18.5 Å². The van der Waals surface area contributed by atoms with Crippen LogP contribution >= 0.6 is 0 Å². The zero-order chi connectivity index (χ0) is 21.0. The van der Waals surface area contributed by atoms with Gasteiger partial charge in [0.15, 0.2) is 0 Å². The van der Waals surface area contributed by atoms with Crippen molar-refractivity contribution in [2.24, 2.45) is 5.92 Å². The van der Waals surface area contributed by atoms with Crippen LogP contribution in [0.2, 0.25) is 0 Å². The van der Waals surface area contributed by atoms with E-state index in [4.69, 9.17) is 4.74 Å². The van der Waals surface area contributed by atoms with Crippen molar-refractivity contribution >= 4 is 32.7 Å². The van der Waals surface area contributed by atoms with Crippen molar-refractivity contribution in [2.75, 3.05) is 30.9 Å². The molecule has 0 atom stereocenters. The summed E-state index contributed by atoms with van der Waals surface area (Å²) in [6.07, 6.45) is 6.81. The molecule has 2 aromatic rings. The maximum Gasteiger partial charge on any atom is 0.341 e. The molecule has 0 spiro atoms. The van der Waals surface area contributed by atoms with E-state index in [1.165, 1.54) is 0 Å². The average molecular weight is 423 g/mol. The van der Waals surface area contributed by atoms with E-state index in [0.717, 1.165) is 42.4 Å². The lowest BCUT2D eigenvalue weighted by Crippen LogP contribution is -2.38. The SMILES string of the molecule is CCNS(=O)(=O)CC1CCC(N(C)c2c(C(=O)OCC)cnc3[nH]ccc23)CC1. The second-order valence-corrected chi connectivity index (χ2v) is 9.40. The summed E-state index contributed by atoms with van der Waals surface area (Å²) in [5.41, 5.74) is 2.00. The van der Waals surface area contributed by atoms with Crippen molar-refractivity contribution in [3.63, 3.8) is 0 Å². The summed E-state index contributed by atoms with van der Waals surface area (Å²) in [5.74, 6) is -0.0313. The standard InChI is InChI=1S/C20H30N4O4S/c1-4-23-29(26,27)13-14-6-8-15(9-7-14)24(3)18-16-10-11-21-19(16)22-12-17(18)20(25)28-5-2/h10-12,14-15,23H,4-9,13H2,1-3H3,(H,21,22). The van der Waals surface area contributed by atoms with Crippen LogP contribution in [0.1, 0.15) is 49.9 Å². The molecule has 8 nitrogen and oxygen atoms in total. The quantitative estimate of drug-likeness (QED) is 0.634. The number of hydrogen-bond donors (Lipinski definition) is 2. The third kappa shape index (κ3) is 4.90. The molecule has 2 N–H and O–H groups in total. The summed E-state index contributed by atoms with van der Waals surface area (Å²) >= 11 is 0. The summed E-state index contributed by atoms with van der Waals surface area (Å²) in [5, 5.41) is 0.884. The van der Waals surface area contributed by atoms with Crippen LogP contribution in [0.25, 0.3) is 11.0 Å². The Hall–Kier alpha value is -2.13. The van der Waals surface area contributed by atoms with Crippen molar-refractivity contribution in [2.45, 2.75) is 45.6 Å². The second kappa shape index (κ2) is 9.13. The zero-order valence-electron chi connectivity index (χ0n) is 17.3. The van der Waals surface area contributed by atoms with Gasteiger partial charge < -0.3 is 14.6 Å². The number of fused-ring (bicyclic) bond motifs is 1. The molecular formula is C20H30N4O4S. The Balaban J connectivity index is 1.78. The van der Waals surface area contributed by atoms with Crippen LogP contribution in [-0.2, 0) is 14.8 Å². The lowest BCUT2D eigenvalue weighted by Gasteiger charge is -2.36. The van der Waals surface area contributed by atoms with Crippen molar-refractivity contribution in [3.8, 4) is 0 Å². The molecule has 2 aromatic heterocycles. The van der Waals surface area contributed by atoms with E-state index in [-0.39, 0.29) is 23.7 Å². The van der Waals surface area contributed by atoms with Crippen molar-refractivity contribution in [3.05, 3.63) is 24.0 Å². The summed E-state index contributed by atoms with van der Waals surface area (Å²) < 4.78 is 31.9. The van der Waals surface area contributed by atoms with Gasteiger partial charge in [0.05, 0.1) is 18.0 Å². The maximum atomic E-state index is 12.5. The van der Waals surface area contributed by atoms with Crippen LogP contribution < -0.4 is 9.62 Å². The number of carbonyl (C=O) groups excluding carboxylic acids is 1. The fraction of sp³-hybridized carbons (Fsp3) is 0.600. The lowest BCUT2D eigenvalue weighted by molar-refractivity contribution is 0.0526. The zero-order valence-corrected chi connectivity index (χ0v) is 18.1. The van der Waals surface area contributed by atoms with Crippen LogP contribution in [0.3, 0.4) is 0 Å². The minimum absolute atomic E-state index is 0.165. The van der Waals surface area contributed by atoms with Gasteiger partial charge in [-0.2, -0.15) is 0 Å². The number of carbonyl (C=O) groups is 1. The highest BCUT2D eigenvalue weighted by molar-refractivity contribution is 7.89. The Bertz CT molecular complexity index is 949. The van der Waals surface area contributed by atoms with Gasteiger partial charge in [0, 0.05) is 37.4 Å². The molecule has 0 bridgehead atoms. The second-order valence-electron chi connectivity index (χ2n) is 7.55. The minimum Gasteiger partial charge on any atom is -0.462 e. The minimum atomic E-state index is -3.20. The number of aromatic nitrogens is 2. The molecule has 9 heteroatoms. The van der Waals surface area contributed by atoms with E-state index < -0.39 is 10.0 Å². The first kappa shape index (κ1) is 21.6. The van der Waals surface area contributed by atoms with E-state index in [0.29, 0.717) is 18.7 Å². The molecule has 0 radical (unpaired) electrons. The van der Waals surface area contributed by atoms with Gasteiger partial charge in [-0.25, -0.2) is 22.9 Å². The third-order valence-electron chi connectivity index (χ3n) is 5.59. The predicted molar refractivity (Wildman–Crippen MR) is 114 cm³/mol. The Morgan fingerprint density at radius 3 is 2.69 bits per heavy atom. The first-order valence-corrected chi connectivity index (χ1v) is 11.8. The van der Waals surface area contributed by atoms with E-state index in [9.17, 15) is 13.2 Å². The number of anilines is 1. The molecule has 29 heavy (non-hydrogen) atoms. The number of nitrogens with zero attached hydrogens (tertiary/aromatic N) is 2. The van der Waals surface area contributed by atoms with Gasteiger partial charge in [-0.3, -0.25) is 0 Å². The summed E-state index contributed by atoms with van der Waals surface area (Å²) in [4.78, 5) is 22.1. The molecule has 0 aromatic carbocycles. The molecule has 2 heterocycles. The van der Waals surface area contributed by atoms with Gasteiger partial charge in [-0.05, 0) is 44.6 Å². The fourth-order valence-electron chi connectivity index (χ4n) is 4.20. The Kier molecular flexibility index (Phi) is 6.79. The molecule has 3 rings (SSSR count). The number of aromatic amines is 1. The molecule has 0 aliphatic heterocycles. The Morgan fingerprint density at radius 1 is 1.31 bits per heavy atom. The smallest absolute Gasteiger partial charge is 0.341 e. The Morgan fingerprint density at radius 2 is 2.03 bits per heavy atom. The molecule has 1 aliphatic carbocycles. The lowest BCUT2D eigenvalue weighted by atomic mass is 9.86. The third-order valence-corrected chi connectivity index (χ3v) is 7.23. The van der Waals surface area contributed by atoms with Gasteiger partial charge >= 0.3 is 5.97 Å². The summed E-state index contributed by atoms with van der Waals surface area (Å²) in [6, 6.07) is 2.15. The van der Waals surface area contributed by atoms with E-state index in [2.05, 4.69) is 19.6 Å². The van der Waals surface area contributed by atoms with Crippen LogP contribution in [0.5, 0.6) is 0 Å². The molecule has 0 saturated heterocycles. The highest BCUT2D eigenvalue weighted by Gasteiger charge is 2.30. The monoisotopic (exact) mass is 422 g/mol. The number of pyridine rings is 1. The topological polar surface area (TPSA) is 104 Å². The number of H-pyrrole nitrogens is 1. The van der Waals surface area contributed by atoms with Crippen LogP contribution in [0.4, 0.5) is 5.69 Å². The normalized spacial score (nSPS) is 20.0. The van der Waals surface area contributed by atoms with Gasteiger partial charge in [0.25, 0.3) is 0 Å². The van der Waals surface area contributed by atoms with Crippen LogP contribution in [0, 0.1) is 5.92 Å². The van der Waals surface area contributed by atoms with E-state index >= 15 is 0 Å². The number of ether oxygens (including phenoxy) is 1. The molecule has 0 amide bonds.